The fourth-order valence-electron chi connectivity index (χ4n) is 3.39. The number of amides is 2. The molecule has 34 heavy (non-hydrogen) atoms. The molecule has 2 aromatic rings. The van der Waals surface area contributed by atoms with Crippen molar-refractivity contribution in [2.45, 2.75) is 31.7 Å². The van der Waals surface area contributed by atoms with E-state index in [1.54, 1.807) is 24.3 Å². The number of carbonyl (C=O) groups is 2. The van der Waals surface area contributed by atoms with Crippen LogP contribution < -0.4 is 15.8 Å². The highest BCUT2D eigenvalue weighted by atomic mass is 79.9. The van der Waals surface area contributed by atoms with Crippen LogP contribution in [-0.2, 0) is 21.0 Å². The summed E-state index contributed by atoms with van der Waals surface area (Å²) < 4.78 is 29.7. The lowest BCUT2D eigenvalue weighted by Gasteiger charge is -2.40. The van der Waals surface area contributed by atoms with E-state index in [9.17, 15) is 23.5 Å². The van der Waals surface area contributed by atoms with Crippen molar-refractivity contribution < 1.29 is 33.1 Å². The van der Waals surface area contributed by atoms with Gasteiger partial charge in [-0.3, -0.25) is 9.59 Å². The van der Waals surface area contributed by atoms with E-state index in [0.717, 1.165) is 11.6 Å². The van der Waals surface area contributed by atoms with E-state index in [-0.39, 0.29) is 36.1 Å². The number of halogens is 3. The number of hydrogen-bond acceptors (Lipinski definition) is 6. The number of aliphatic hydroxyl groups excluding tert-OH is 1. The highest BCUT2D eigenvalue weighted by Crippen LogP contribution is 2.30. The summed E-state index contributed by atoms with van der Waals surface area (Å²) in [6.07, 6.45) is -1.20. The molecular weight excluding hydrogens is 518 g/mol. The SMILES string of the molecule is CO/N=C(/N)c1ccc(CNC(=O)C2CCN2C(=O)C(O)c2cc(Br)cc(OC(F)F)c2)cc1. The second-order valence-electron chi connectivity index (χ2n) is 7.41. The van der Waals surface area contributed by atoms with Gasteiger partial charge in [0, 0.05) is 23.1 Å². The number of rotatable bonds is 9. The second-order valence-corrected chi connectivity index (χ2v) is 8.33. The number of nitrogens with two attached hydrogens (primary N) is 1. The minimum absolute atomic E-state index is 0.0671. The van der Waals surface area contributed by atoms with Crippen LogP contribution in [-0.4, -0.2) is 54.0 Å². The lowest BCUT2D eigenvalue weighted by molar-refractivity contribution is -0.154. The van der Waals surface area contributed by atoms with Crippen LogP contribution in [0.15, 0.2) is 52.1 Å². The highest BCUT2D eigenvalue weighted by Gasteiger charge is 2.40. The number of carbonyl (C=O) groups excluding carboxylic acids is 2. The molecule has 182 valence electrons. The molecule has 9 nitrogen and oxygen atoms in total. The van der Waals surface area contributed by atoms with Gasteiger partial charge in [-0.05, 0) is 35.7 Å². The molecular formula is C22H23BrF2N4O5. The van der Waals surface area contributed by atoms with Crippen molar-refractivity contribution in [3.8, 4) is 5.75 Å². The first-order valence-electron chi connectivity index (χ1n) is 10.2. The molecule has 0 aromatic heterocycles. The maximum Gasteiger partial charge on any atom is 0.387 e. The summed E-state index contributed by atoms with van der Waals surface area (Å²) in [4.78, 5) is 31.3. The van der Waals surface area contributed by atoms with Crippen LogP contribution in [0.2, 0.25) is 0 Å². The Hall–Kier alpha value is -3.25. The van der Waals surface area contributed by atoms with Crippen molar-refractivity contribution in [1.29, 1.82) is 0 Å². The van der Waals surface area contributed by atoms with Gasteiger partial charge < -0.3 is 30.6 Å². The number of nitrogens with one attached hydrogen (secondary N) is 1. The molecule has 0 radical (unpaired) electrons. The van der Waals surface area contributed by atoms with Crippen LogP contribution in [0.4, 0.5) is 8.78 Å². The van der Waals surface area contributed by atoms with Crippen molar-refractivity contribution in [3.63, 3.8) is 0 Å². The van der Waals surface area contributed by atoms with E-state index in [1.165, 1.54) is 24.1 Å². The van der Waals surface area contributed by atoms with Gasteiger partial charge in [0.15, 0.2) is 11.9 Å². The van der Waals surface area contributed by atoms with E-state index in [2.05, 4.69) is 36.0 Å². The largest absolute Gasteiger partial charge is 0.435 e. The number of oxime groups is 1. The third-order valence-electron chi connectivity index (χ3n) is 5.18. The predicted octanol–water partition coefficient (Wildman–Crippen LogP) is 2.27. The molecule has 3 rings (SSSR count). The summed E-state index contributed by atoms with van der Waals surface area (Å²) in [6.45, 7) is -2.54. The number of hydrogen-bond donors (Lipinski definition) is 3. The maximum absolute atomic E-state index is 12.8. The monoisotopic (exact) mass is 540 g/mol. The summed E-state index contributed by atoms with van der Waals surface area (Å²) in [5.74, 6) is -1.05. The maximum atomic E-state index is 12.8. The average Bonchev–Trinajstić information content (AvgIpc) is 2.76. The van der Waals surface area contributed by atoms with Crippen LogP contribution in [0.25, 0.3) is 0 Å². The number of likely N-dealkylation sites (tertiary alicyclic amines) is 1. The normalized spacial score (nSPS) is 16.6. The molecule has 4 N–H and O–H groups in total. The Bertz CT molecular complexity index is 1070. The van der Waals surface area contributed by atoms with E-state index < -0.39 is 24.7 Å². The quantitative estimate of drug-likeness (QED) is 0.254. The number of alkyl halides is 2. The molecule has 1 fully saturated rings. The molecule has 0 saturated carbocycles. The number of aliphatic hydroxyl groups is 1. The molecule has 12 heteroatoms. The van der Waals surface area contributed by atoms with Crippen molar-refractivity contribution in [3.05, 3.63) is 63.6 Å². The molecule has 1 aliphatic heterocycles. The molecule has 2 atom stereocenters. The fraction of sp³-hybridized carbons (Fsp3) is 0.318. The first-order valence-corrected chi connectivity index (χ1v) is 11.0. The summed E-state index contributed by atoms with van der Waals surface area (Å²) in [7, 11) is 1.39. The Kier molecular flexibility index (Phi) is 8.40. The zero-order chi connectivity index (χ0) is 24.8. The minimum Gasteiger partial charge on any atom is -0.435 e. The van der Waals surface area contributed by atoms with E-state index in [1.807, 2.05) is 0 Å². The Balaban J connectivity index is 1.59. The van der Waals surface area contributed by atoms with Crippen molar-refractivity contribution in [2.24, 2.45) is 10.9 Å². The molecule has 2 amide bonds. The molecule has 1 heterocycles. The molecule has 0 aliphatic carbocycles. The van der Waals surface area contributed by atoms with Gasteiger partial charge in [0.2, 0.25) is 5.91 Å². The lowest BCUT2D eigenvalue weighted by Crippen LogP contribution is -2.59. The van der Waals surface area contributed by atoms with Crippen LogP contribution >= 0.6 is 15.9 Å². The predicted molar refractivity (Wildman–Crippen MR) is 122 cm³/mol. The topological polar surface area (TPSA) is 126 Å². The number of amidine groups is 1. The molecule has 0 spiro atoms. The van der Waals surface area contributed by atoms with E-state index >= 15 is 0 Å². The zero-order valence-electron chi connectivity index (χ0n) is 18.1. The van der Waals surface area contributed by atoms with Gasteiger partial charge in [0.25, 0.3) is 5.91 Å². The number of ether oxygens (including phenoxy) is 1. The first-order chi connectivity index (χ1) is 16.2. The summed E-state index contributed by atoms with van der Waals surface area (Å²) in [6, 6.07) is 10.1. The van der Waals surface area contributed by atoms with Gasteiger partial charge in [0.05, 0.1) is 0 Å². The molecule has 2 aromatic carbocycles. The van der Waals surface area contributed by atoms with Crippen LogP contribution in [0.5, 0.6) is 5.75 Å². The molecule has 0 bridgehead atoms. The van der Waals surface area contributed by atoms with Crippen molar-refractivity contribution >= 4 is 33.6 Å². The van der Waals surface area contributed by atoms with Crippen LogP contribution in [0, 0.1) is 0 Å². The Morgan fingerprint density at radius 1 is 1.29 bits per heavy atom. The smallest absolute Gasteiger partial charge is 0.387 e. The van der Waals surface area contributed by atoms with Crippen molar-refractivity contribution in [1.82, 2.24) is 10.2 Å². The van der Waals surface area contributed by atoms with Crippen LogP contribution in [0.1, 0.15) is 29.2 Å². The second kappa shape index (κ2) is 11.3. The Morgan fingerprint density at radius 3 is 2.59 bits per heavy atom. The van der Waals surface area contributed by atoms with Gasteiger partial charge in [-0.1, -0.05) is 45.4 Å². The van der Waals surface area contributed by atoms with Gasteiger partial charge in [0.1, 0.15) is 18.9 Å². The van der Waals surface area contributed by atoms with Gasteiger partial charge in [-0.25, -0.2) is 0 Å². The average molecular weight is 541 g/mol. The van der Waals surface area contributed by atoms with Crippen molar-refractivity contribution in [2.75, 3.05) is 13.7 Å². The molecule has 2 unspecified atom stereocenters. The van der Waals surface area contributed by atoms with E-state index in [0.29, 0.717) is 16.5 Å². The Morgan fingerprint density at radius 2 is 2.00 bits per heavy atom. The van der Waals surface area contributed by atoms with Gasteiger partial charge >= 0.3 is 6.61 Å². The third-order valence-corrected chi connectivity index (χ3v) is 5.64. The highest BCUT2D eigenvalue weighted by molar-refractivity contribution is 9.10. The Labute approximate surface area is 202 Å². The van der Waals surface area contributed by atoms with Gasteiger partial charge in [-0.15, -0.1) is 0 Å². The number of nitrogens with zero attached hydrogens (tertiary/aromatic N) is 2. The molecule has 1 saturated heterocycles. The first kappa shape index (κ1) is 25.4. The molecule has 1 aliphatic rings. The zero-order valence-corrected chi connectivity index (χ0v) is 19.7. The van der Waals surface area contributed by atoms with Crippen LogP contribution in [0.3, 0.4) is 0 Å². The fourth-order valence-corrected chi connectivity index (χ4v) is 3.88. The van der Waals surface area contributed by atoms with Gasteiger partial charge in [-0.2, -0.15) is 8.78 Å². The van der Waals surface area contributed by atoms with E-state index in [4.69, 9.17) is 5.73 Å². The summed E-state index contributed by atoms with van der Waals surface area (Å²) in [5, 5.41) is 16.9. The summed E-state index contributed by atoms with van der Waals surface area (Å²) in [5.41, 5.74) is 7.28. The lowest BCUT2D eigenvalue weighted by atomic mass is 9.98. The summed E-state index contributed by atoms with van der Waals surface area (Å²) >= 11 is 3.14. The standard InChI is InChI=1S/C22H23BrF2N4O5/c1-33-28-19(26)13-4-2-12(3-5-13)11-27-20(31)17-6-7-29(17)21(32)18(30)14-8-15(23)10-16(9-14)34-22(24)25/h2-5,8-10,17-18,22,30H,6-7,11H2,1H3,(H2,26,28)(H,27,31). The third kappa shape index (κ3) is 6.20. The minimum atomic E-state index is -3.05. The number of benzene rings is 2.